The molecule has 12 heteroatoms. The van der Waals surface area contributed by atoms with Crippen LogP contribution in [0.25, 0.3) is 10.9 Å². The predicted molar refractivity (Wildman–Crippen MR) is 114 cm³/mol. The van der Waals surface area contributed by atoms with Gasteiger partial charge in [-0.15, -0.1) is 0 Å². The average Bonchev–Trinajstić information content (AvgIpc) is 2.92. The van der Waals surface area contributed by atoms with Gasteiger partial charge >= 0.3 is 11.5 Å². The number of hydrogen-bond donors (Lipinski definition) is 0. The monoisotopic (exact) mass is 495 g/mol. The maximum Gasteiger partial charge on any atom is 0.501 e. The van der Waals surface area contributed by atoms with Gasteiger partial charge in [-0.05, 0) is 61.9 Å². The number of rotatable bonds is 4. The highest BCUT2D eigenvalue weighted by Crippen LogP contribution is 2.36. The van der Waals surface area contributed by atoms with E-state index in [1.807, 2.05) is 0 Å². The minimum absolute atomic E-state index is 0.0996. The number of sulfone groups is 1. The Morgan fingerprint density at radius 3 is 2.26 bits per heavy atom. The van der Waals surface area contributed by atoms with Gasteiger partial charge in [0.25, 0.3) is 15.7 Å². The molecule has 0 atom stereocenters. The van der Waals surface area contributed by atoms with Crippen molar-refractivity contribution in [1.82, 2.24) is 9.88 Å². The number of imide groups is 1. The molecule has 1 aliphatic heterocycles. The second kappa shape index (κ2) is 7.76. The molecule has 0 saturated carbocycles. The van der Waals surface area contributed by atoms with E-state index in [-0.39, 0.29) is 17.6 Å². The summed E-state index contributed by atoms with van der Waals surface area (Å²) in [5, 5.41) is 0.196. The van der Waals surface area contributed by atoms with Gasteiger partial charge in [0, 0.05) is 18.1 Å². The van der Waals surface area contributed by atoms with E-state index in [1.165, 1.54) is 43.1 Å². The first-order valence-electron chi connectivity index (χ1n) is 9.86. The molecular formula is C22H17F4N3O4S. The van der Waals surface area contributed by atoms with E-state index in [4.69, 9.17) is 0 Å². The van der Waals surface area contributed by atoms with Crippen LogP contribution < -0.4 is 4.90 Å². The van der Waals surface area contributed by atoms with E-state index in [0.29, 0.717) is 23.2 Å². The lowest BCUT2D eigenvalue weighted by Crippen LogP contribution is -2.43. The van der Waals surface area contributed by atoms with Gasteiger partial charge in [-0.25, -0.2) is 22.5 Å². The minimum Gasteiger partial charge on any atom is -0.305 e. The van der Waals surface area contributed by atoms with Crippen molar-refractivity contribution in [3.63, 3.8) is 0 Å². The molecule has 4 rings (SSSR count). The molecule has 0 unspecified atom stereocenters. The van der Waals surface area contributed by atoms with E-state index in [1.54, 1.807) is 6.07 Å². The number of alkyl halides is 3. The molecule has 0 bridgehead atoms. The molecule has 1 aromatic heterocycles. The maximum absolute atomic E-state index is 14.5. The van der Waals surface area contributed by atoms with Gasteiger partial charge in [0.05, 0.1) is 16.1 Å². The lowest BCUT2D eigenvalue weighted by atomic mass is 10.0. The van der Waals surface area contributed by atoms with Crippen LogP contribution >= 0.6 is 0 Å². The highest BCUT2D eigenvalue weighted by atomic mass is 32.2. The third-order valence-corrected chi connectivity index (χ3v) is 7.17. The first-order chi connectivity index (χ1) is 15.8. The number of carbonyl (C=O) groups is 2. The van der Waals surface area contributed by atoms with Gasteiger partial charge in [0.1, 0.15) is 11.4 Å². The molecule has 34 heavy (non-hydrogen) atoms. The Balaban J connectivity index is 1.70. The number of aromatic nitrogens is 1. The summed E-state index contributed by atoms with van der Waals surface area (Å²) in [7, 11) is -5.58. The van der Waals surface area contributed by atoms with Crippen molar-refractivity contribution in [3.05, 3.63) is 66.1 Å². The highest BCUT2D eigenvalue weighted by Gasteiger charge is 2.52. The van der Waals surface area contributed by atoms with Gasteiger partial charge in [-0.3, -0.25) is 9.78 Å². The van der Waals surface area contributed by atoms with Gasteiger partial charge < -0.3 is 4.90 Å². The van der Waals surface area contributed by atoms with E-state index in [9.17, 15) is 35.6 Å². The number of halogens is 4. The van der Waals surface area contributed by atoms with Gasteiger partial charge in [-0.1, -0.05) is 6.07 Å². The summed E-state index contributed by atoms with van der Waals surface area (Å²) in [5.74, 6) is -1.22. The number of benzene rings is 2. The quantitative estimate of drug-likeness (QED) is 0.395. The standard InChI is InChI=1S/C22H17F4N3O4S/c1-21(2)19(30)29(14-6-8-15(9-7-14)34(32,33)22(24,25)26)20(31)28(21)12-13-10-11-27-17-5-3-4-16(23)18(13)17/h3-11H,12H2,1-2H3. The number of urea groups is 1. The minimum atomic E-state index is -5.58. The number of carbonyl (C=O) groups excluding carboxylic acids is 2. The number of anilines is 1. The lowest BCUT2D eigenvalue weighted by Gasteiger charge is -2.28. The Bertz CT molecular complexity index is 1420. The van der Waals surface area contributed by atoms with Crippen molar-refractivity contribution in [2.24, 2.45) is 0 Å². The van der Waals surface area contributed by atoms with Crippen molar-refractivity contribution in [1.29, 1.82) is 0 Å². The molecule has 0 N–H and O–H groups in total. The van der Waals surface area contributed by atoms with E-state index in [2.05, 4.69) is 4.98 Å². The van der Waals surface area contributed by atoms with E-state index >= 15 is 0 Å². The molecule has 3 aromatic rings. The zero-order chi connectivity index (χ0) is 25.1. The molecule has 1 aliphatic rings. The second-order valence-corrected chi connectivity index (χ2v) is 10.1. The molecular weight excluding hydrogens is 478 g/mol. The van der Waals surface area contributed by atoms with E-state index < -0.39 is 43.5 Å². The Morgan fingerprint density at radius 2 is 1.65 bits per heavy atom. The molecule has 1 fully saturated rings. The van der Waals surface area contributed by atoms with E-state index in [0.717, 1.165) is 17.0 Å². The second-order valence-electron chi connectivity index (χ2n) is 8.12. The summed E-state index contributed by atoms with van der Waals surface area (Å²) < 4.78 is 76.1. The largest absolute Gasteiger partial charge is 0.501 e. The van der Waals surface area contributed by atoms with Crippen molar-refractivity contribution in [2.75, 3.05) is 4.90 Å². The molecule has 2 aromatic carbocycles. The van der Waals surface area contributed by atoms with Crippen molar-refractivity contribution in [3.8, 4) is 0 Å². The third kappa shape index (κ3) is 3.58. The Kier molecular flexibility index (Phi) is 5.39. The summed E-state index contributed by atoms with van der Waals surface area (Å²) >= 11 is 0. The summed E-state index contributed by atoms with van der Waals surface area (Å²) in [5.41, 5.74) is -6.20. The summed E-state index contributed by atoms with van der Waals surface area (Å²) in [6.45, 7) is 2.82. The van der Waals surface area contributed by atoms with Crippen LogP contribution in [0.1, 0.15) is 19.4 Å². The molecule has 0 spiro atoms. The van der Waals surface area contributed by atoms with Crippen molar-refractivity contribution in [2.45, 2.75) is 36.3 Å². The van der Waals surface area contributed by atoms with Crippen LogP contribution in [0.2, 0.25) is 0 Å². The van der Waals surface area contributed by atoms with Crippen LogP contribution in [-0.2, 0) is 21.2 Å². The number of pyridine rings is 1. The van der Waals surface area contributed by atoms with Gasteiger partial charge in [0.15, 0.2) is 0 Å². The first-order valence-corrected chi connectivity index (χ1v) is 11.3. The number of amides is 3. The molecule has 2 heterocycles. The normalized spacial score (nSPS) is 16.5. The Hall–Kier alpha value is -3.54. The zero-order valence-electron chi connectivity index (χ0n) is 17.8. The number of fused-ring (bicyclic) bond motifs is 1. The van der Waals surface area contributed by atoms with Gasteiger partial charge in [-0.2, -0.15) is 13.2 Å². The van der Waals surface area contributed by atoms with Crippen LogP contribution in [0.15, 0.2) is 59.6 Å². The first kappa shape index (κ1) is 23.6. The summed E-state index contributed by atoms with van der Waals surface area (Å²) in [6, 6.07) is 8.35. The Morgan fingerprint density at radius 1 is 1.00 bits per heavy atom. The average molecular weight is 495 g/mol. The van der Waals surface area contributed by atoms with Crippen LogP contribution in [-0.4, -0.2) is 41.3 Å². The van der Waals surface area contributed by atoms with Crippen molar-refractivity contribution < 1.29 is 35.6 Å². The molecule has 7 nitrogen and oxygen atoms in total. The van der Waals surface area contributed by atoms with Crippen LogP contribution in [0.3, 0.4) is 0 Å². The van der Waals surface area contributed by atoms with Crippen LogP contribution in [0.4, 0.5) is 28.0 Å². The molecule has 0 aliphatic carbocycles. The maximum atomic E-state index is 14.5. The Labute approximate surface area is 191 Å². The molecule has 3 amide bonds. The summed E-state index contributed by atoms with van der Waals surface area (Å²) in [4.78, 5) is 31.4. The number of hydrogen-bond acceptors (Lipinski definition) is 5. The van der Waals surface area contributed by atoms with Gasteiger partial charge in [0.2, 0.25) is 0 Å². The van der Waals surface area contributed by atoms with Crippen LogP contribution in [0.5, 0.6) is 0 Å². The van der Waals surface area contributed by atoms with Crippen LogP contribution in [0, 0.1) is 5.82 Å². The predicted octanol–water partition coefficient (Wildman–Crippen LogP) is 4.41. The van der Waals surface area contributed by atoms with Crippen molar-refractivity contribution >= 4 is 38.4 Å². The lowest BCUT2D eigenvalue weighted by molar-refractivity contribution is -0.123. The third-order valence-electron chi connectivity index (χ3n) is 5.66. The topological polar surface area (TPSA) is 87.7 Å². The zero-order valence-corrected chi connectivity index (χ0v) is 18.6. The SMILES string of the molecule is CC1(C)C(=O)N(c2ccc(S(=O)(=O)C(F)(F)F)cc2)C(=O)N1Cc1ccnc2cccc(F)c12. The molecule has 178 valence electrons. The smallest absolute Gasteiger partial charge is 0.305 e. The fraction of sp³-hybridized carbons (Fsp3) is 0.227. The highest BCUT2D eigenvalue weighted by molar-refractivity contribution is 7.92. The summed E-state index contributed by atoms with van der Waals surface area (Å²) in [6.07, 6.45) is 1.45. The number of nitrogens with zero attached hydrogens (tertiary/aromatic N) is 3. The molecule has 0 radical (unpaired) electrons. The fourth-order valence-corrected chi connectivity index (χ4v) is 4.53. The molecule has 1 saturated heterocycles. The fourth-order valence-electron chi connectivity index (χ4n) is 3.77.